The highest BCUT2D eigenvalue weighted by molar-refractivity contribution is 9.10. The number of halogens is 2. The van der Waals surface area contributed by atoms with Gasteiger partial charge in [0.15, 0.2) is 11.5 Å². The second-order valence-electron chi connectivity index (χ2n) is 2.92. The van der Waals surface area contributed by atoms with E-state index in [2.05, 4.69) is 15.9 Å². The van der Waals surface area contributed by atoms with Crippen molar-refractivity contribution in [2.75, 3.05) is 6.79 Å². The highest BCUT2D eigenvalue weighted by Gasteiger charge is 2.29. The van der Waals surface area contributed by atoms with Crippen molar-refractivity contribution in [3.63, 3.8) is 0 Å². The fourth-order valence-corrected chi connectivity index (χ4v) is 1.97. The Balaban J connectivity index is 2.63. The maximum atomic E-state index is 13.5. The van der Waals surface area contributed by atoms with Gasteiger partial charge in [0.1, 0.15) is 5.82 Å². The number of hydrogen-bond acceptors (Lipinski definition) is 4. The predicted molar refractivity (Wildman–Crippen MR) is 52.2 cm³/mol. The van der Waals surface area contributed by atoms with Crippen LogP contribution in [0.3, 0.4) is 0 Å². The predicted octanol–water partition coefficient (Wildman–Crippen LogP) is 1.58. The third-order valence-electron chi connectivity index (χ3n) is 1.98. The number of rotatable bonds is 2. The molecule has 0 aromatic heterocycles. The number of aliphatic carboxylic acids is 1. The lowest BCUT2D eigenvalue weighted by Crippen LogP contribution is -2.15. The lowest BCUT2D eigenvalue weighted by molar-refractivity contribution is -0.131. The molecule has 84 valence electrons. The fourth-order valence-electron chi connectivity index (χ4n) is 1.29. The Kier molecular flexibility index (Phi) is 2.55. The maximum Gasteiger partial charge on any atom is 0.377 e. The molecule has 1 heterocycles. The Morgan fingerprint density at radius 2 is 2.12 bits per heavy atom. The van der Waals surface area contributed by atoms with Crippen molar-refractivity contribution in [2.24, 2.45) is 0 Å². The fraction of sp³-hybridized carbons (Fsp3) is 0.111. The number of carbonyl (C=O) groups excluding carboxylic acids is 1. The Bertz CT molecular complexity index is 499. The quantitative estimate of drug-likeness (QED) is 0.661. The summed E-state index contributed by atoms with van der Waals surface area (Å²) in [6.07, 6.45) is 0. The molecule has 0 amide bonds. The van der Waals surface area contributed by atoms with Crippen LogP contribution in [0.2, 0.25) is 0 Å². The molecule has 1 aromatic rings. The van der Waals surface area contributed by atoms with Crippen LogP contribution in [-0.4, -0.2) is 23.7 Å². The molecule has 7 heteroatoms. The number of carbonyl (C=O) groups is 2. The molecular formula is C9H4BrFO5. The van der Waals surface area contributed by atoms with E-state index >= 15 is 0 Å². The Labute approximate surface area is 96.9 Å². The minimum Gasteiger partial charge on any atom is -0.475 e. The van der Waals surface area contributed by atoms with Crippen LogP contribution < -0.4 is 9.47 Å². The summed E-state index contributed by atoms with van der Waals surface area (Å²) in [7, 11) is 0. The van der Waals surface area contributed by atoms with Crippen LogP contribution in [-0.2, 0) is 4.79 Å². The smallest absolute Gasteiger partial charge is 0.377 e. The highest BCUT2D eigenvalue weighted by Crippen LogP contribution is 2.42. The number of carboxylic acids is 1. The molecule has 1 aliphatic rings. The van der Waals surface area contributed by atoms with Gasteiger partial charge in [-0.15, -0.1) is 0 Å². The van der Waals surface area contributed by atoms with Crippen LogP contribution in [0.15, 0.2) is 10.5 Å². The molecule has 0 atom stereocenters. The topological polar surface area (TPSA) is 72.8 Å². The molecule has 1 N–H and O–H groups in total. The van der Waals surface area contributed by atoms with Crippen molar-refractivity contribution >= 4 is 27.7 Å². The second-order valence-corrected chi connectivity index (χ2v) is 3.71. The van der Waals surface area contributed by atoms with E-state index in [-0.39, 0.29) is 22.8 Å². The zero-order chi connectivity index (χ0) is 11.9. The van der Waals surface area contributed by atoms with Gasteiger partial charge in [0.25, 0.3) is 5.78 Å². The number of Topliss-reactive ketones (excluding diaryl/α,β-unsaturated/α-hetero) is 1. The van der Waals surface area contributed by atoms with E-state index < -0.39 is 23.1 Å². The van der Waals surface area contributed by atoms with Gasteiger partial charge in [0.2, 0.25) is 6.79 Å². The first-order chi connectivity index (χ1) is 7.52. The van der Waals surface area contributed by atoms with Gasteiger partial charge in [-0.25, -0.2) is 9.18 Å². The van der Waals surface area contributed by atoms with Gasteiger partial charge in [0.05, 0.1) is 10.0 Å². The summed E-state index contributed by atoms with van der Waals surface area (Å²) in [6, 6.07) is 0.920. The van der Waals surface area contributed by atoms with Crippen molar-refractivity contribution in [1.82, 2.24) is 0 Å². The molecule has 16 heavy (non-hydrogen) atoms. The van der Waals surface area contributed by atoms with Crippen molar-refractivity contribution in [3.05, 3.63) is 21.9 Å². The van der Waals surface area contributed by atoms with Crippen LogP contribution >= 0.6 is 15.9 Å². The minimum atomic E-state index is -1.74. The van der Waals surface area contributed by atoms with Crippen LogP contribution in [0.1, 0.15) is 10.4 Å². The number of benzene rings is 1. The molecule has 5 nitrogen and oxygen atoms in total. The number of hydrogen-bond donors (Lipinski definition) is 1. The van der Waals surface area contributed by atoms with Gasteiger partial charge in [-0.3, -0.25) is 4.79 Å². The summed E-state index contributed by atoms with van der Waals surface area (Å²) >= 11 is 2.92. The summed E-state index contributed by atoms with van der Waals surface area (Å²) in [4.78, 5) is 21.7. The Morgan fingerprint density at radius 1 is 1.44 bits per heavy atom. The normalized spacial score (nSPS) is 12.6. The monoisotopic (exact) mass is 290 g/mol. The van der Waals surface area contributed by atoms with Gasteiger partial charge in [-0.1, -0.05) is 0 Å². The third kappa shape index (κ3) is 1.53. The molecule has 0 unspecified atom stereocenters. The molecule has 1 aliphatic heterocycles. The molecule has 0 fully saturated rings. The summed E-state index contributed by atoms with van der Waals surface area (Å²) in [6.45, 7) is -0.0991. The van der Waals surface area contributed by atoms with Crippen molar-refractivity contribution in [3.8, 4) is 11.5 Å². The van der Waals surface area contributed by atoms with Crippen LogP contribution in [0.4, 0.5) is 4.39 Å². The van der Waals surface area contributed by atoms with Crippen molar-refractivity contribution in [1.29, 1.82) is 0 Å². The van der Waals surface area contributed by atoms with E-state index in [1.807, 2.05) is 0 Å². The second kappa shape index (κ2) is 3.75. The largest absolute Gasteiger partial charge is 0.475 e. The number of ether oxygens (including phenoxy) is 2. The highest BCUT2D eigenvalue weighted by atomic mass is 79.9. The van der Waals surface area contributed by atoms with Crippen LogP contribution in [0.25, 0.3) is 0 Å². The number of carboxylic acid groups (broad SMARTS) is 1. The lowest BCUT2D eigenvalue weighted by Gasteiger charge is -2.05. The summed E-state index contributed by atoms with van der Waals surface area (Å²) in [5.74, 6) is -3.79. The van der Waals surface area contributed by atoms with E-state index in [0.717, 1.165) is 6.07 Å². The van der Waals surface area contributed by atoms with Crippen LogP contribution in [0, 0.1) is 5.82 Å². The van der Waals surface area contributed by atoms with E-state index in [1.54, 1.807) is 0 Å². The molecule has 0 spiro atoms. The van der Waals surface area contributed by atoms with Gasteiger partial charge < -0.3 is 14.6 Å². The van der Waals surface area contributed by atoms with Crippen molar-refractivity contribution in [2.45, 2.75) is 0 Å². The first kappa shape index (κ1) is 10.9. The zero-order valence-electron chi connectivity index (χ0n) is 7.62. The first-order valence-electron chi connectivity index (χ1n) is 4.07. The molecule has 0 saturated heterocycles. The summed E-state index contributed by atoms with van der Waals surface area (Å²) < 4.78 is 23.3. The molecule has 0 radical (unpaired) electrons. The number of fused-ring (bicyclic) bond motifs is 1. The molecule has 0 bridgehead atoms. The van der Waals surface area contributed by atoms with Gasteiger partial charge in [-0.2, -0.15) is 0 Å². The zero-order valence-corrected chi connectivity index (χ0v) is 9.21. The lowest BCUT2D eigenvalue weighted by atomic mass is 10.1. The summed E-state index contributed by atoms with van der Waals surface area (Å²) in [5, 5.41) is 8.52. The standard InChI is InChI=1S/C9H4BrFO5/c10-6-5(7(12)9(13)14)3(11)1-4-8(6)16-2-15-4/h1H,2H2,(H,13,14). The molecule has 0 saturated carbocycles. The minimum absolute atomic E-state index is 0.0487. The van der Waals surface area contributed by atoms with Gasteiger partial charge in [-0.05, 0) is 15.9 Å². The Hall–Kier alpha value is -1.63. The van der Waals surface area contributed by atoms with E-state index in [4.69, 9.17) is 14.6 Å². The molecule has 0 aliphatic carbocycles. The Morgan fingerprint density at radius 3 is 2.75 bits per heavy atom. The molecule has 1 aromatic carbocycles. The third-order valence-corrected chi connectivity index (χ3v) is 2.73. The first-order valence-corrected chi connectivity index (χ1v) is 4.87. The average Bonchev–Trinajstić information content (AvgIpc) is 2.65. The summed E-state index contributed by atoms with van der Waals surface area (Å²) in [5.41, 5.74) is -0.572. The van der Waals surface area contributed by atoms with Gasteiger partial charge in [0, 0.05) is 6.07 Å². The van der Waals surface area contributed by atoms with E-state index in [9.17, 15) is 14.0 Å². The SMILES string of the molecule is O=C(O)C(=O)c1c(F)cc2c(c1Br)OCO2. The molecule has 2 rings (SSSR count). The van der Waals surface area contributed by atoms with Crippen molar-refractivity contribution < 1.29 is 28.6 Å². The maximum absolute atomic E-state index is 13.5. The van der Waals surface area contributed by atoms with E-state index in [1.165, 1.54) is 0 Å². The molecular weight excluding hydrogens is 287 g/mol. The van der Waals surface area contributed by atoms with Crippen LogP contribution in [0.5, 0.6) is 11.5 Å². The van der Waals surface area contributed by atoms with Gasteiger partial charge >= 0.3 is 5.97 Å². The number of ketones is 1. The average molecular weight is 291 g/mol. The van der Waals surface area contributed by atoms with E-state index in [0.29, 0.717) is 0 Å².